The highest BCUT2D eigenvalue weighted by atomic mass is 16.6. The molecule has 4 heterocycles. The Balaban J connectivity index is 0.000000174. The fraction of sp³-hybridized carbons (Fsp3) is 0.903. The summed E-state index contributed by atoms with van der Waals surface area (Å²) in [6.45, 7) is 9.58. The number of amides is 3. The van der Waals surface area contributed by atoms with E-state index < -0.39 is 5.60 Å². The topological polar surface area (TPSA) is 101 Å². The lowest BCUT2D eigenvalue weighted by molar-refractivity contribution is -0.167. The van der Waals surface area contributed by atoms with Crippen molar-refractivity contribution in [1.82, 2.24) is 20.0 Å². The van der Waals surface area contributed by atoms with Gasteiger partial charge in [-0.3, -0.25) is 9.59 Å². The van der Waals surface area contributed by atoms with Crippen LogP contribution in [0.15, 0.2) is 0 Å². The Hall–Kier alpha value is -1.91. The molecule has 232 valence electrons. The smallest absolute Gasteiger partial charge is 0.410 e. The summed E-state index contributed by atoms with van der Waals surface area (Å²) in [4.78, 5) is 42.8. The first-order valence-electron chi connectivity index (χ1n) is 16.3. The number of likely N-dealkylation sites (tertiary alicyclic amines) is 1. The molecule has 2 saturated carbocycles. The number of nitrogens with zero attached hydrogens (tertiary/aromatic N) is 3. The zero-order chi connectivity index (χ0) is 29.0. The van der Waals surface area contributed by atoms with E-state index in [9.17, 15) is 14.4 Å². The normalized spacial score (nSPS) is 32.0. The van der Waals surface area contributed by atoms with Gasteiger partial charge in [0.25, 0.3) is 0 Å². The van der Waals surface area contributed by atoms with Gasteiger partial charge in [0.15, 0.2) is 0 Å². The summed E-state index contributed by atoms with van der Waals surface area (Å²) in [5.74, 6) is 0.342. The van der Waals surface area contributed by atoms with Crippen LogP contribution in [0.5, 0.6) is 0 Å². The highest BCUT2D eigenvalue weighted by Gasteiger charge is 2.43. The lowest BCUT2D eigenvalue weighted by Gasteiger charge is -2.49. The summed E-state index contributed by atoms with van der Waals surface area (Å²) in [5, 5.41) is 3.37. The molecule has 3 amide bonds. The van der Waals surface area contributed by atoms with Crippen molar-refractivity contribution in [1.29, 1.82) is 0 Å². The first-order chi connectivity index (χ1) is 19.7. The Morgan fingerprint density at radius 3 is 1.68 bits per heavy atom. The van der Waals surface area contributed by atoms with E-state index in [1.54, 1.807) is 4.90 Å². The number of fused-ring (bicyclic) bond motifs is 2. The van der Waals surface area contributed by atoms with Crippen molar-refractivity contribution in [2.24, 2.45) is 0 Å². The van der Waals surface area contributed by atoms with Crippen molar-refractivity contribution in [2.75, 3.05) is 39.4 Å². The molecule has 6 fully saturated rings. The number of ether oxygens (including phenoxy) is 3. The van der Waals surface area contributed by atoms with Gasteiger partial charge in [-0.15, -0.1) is 0 Å². The van der Waals surface area contributed by atoms with E-state index in [-0.39, 0.29) is 42.7 Å². The molecule has 6 rings (SSSR count). The molecule has 0 spiro atoms. The molecular weight excluding hydrogens is 524 g/mol. The molecule has 10 nitrogen and oxygen atoms in total. The number of carbonyl (C=O) groups excluding carboxylic acids is 3. The van der Waals surface area contributed by atoms with Crippen LogP contribution in [0.25, 0.3) is 0 Å². The fourth-order valence-corrected chi connectivity index (χ4v) is 7.74. The Morgan fingerprint density at radius 2 is 1.20 bits per heavy atom. The average Bonchev–Trinajstić information content (AvgIpc) is 2.97. The minimum atomic E-state index is -0.469. The maximum absolute atomic E-state index is 12.4. The van der Waals surface area contributed by atoms with Gasteiger partial charge in [0.2, 0.25) is 11.8 Å². The second-order valence-electron chi connectivity index (χ2n) is 13.7. The number of rotatable bonds is 2. The van der Waals surface area contributed by atoms with Crippen LogP contribution in [0.2, 0.25) is 0 Å². The second kappa shape index (κ2) is 13.6. The van der Waals surface area contributed by atoms with Gasteiger partial charge in [-0.05, 0) is 85.2 Å². The quantitative estimate of drug-likeness (QED) is 0.537. The van der Waals surface area contributed by atoms with Gasteiger partial charge in [0, 0.05) is 25.2 Å². The number of morpholine rings is 2. The first-order valence-corrected chi connectivity index (χ1v) is 16.3. The summed E-state index contributed by atoms with van der Waals surface area (Å²) in [6.07, 6.45) is 13.4. The molecule has 0 aromatic rings. The molecule has 41 heavy (non-hydrogen) atoms. The van der Waals surface area contributed by atoms with Crippen LogP contribution in [-0.2, 0) is 23.8 Å². The molecule has 6 aliphatic rings. The molecule has 0 unspecified atom stereocenters. The molecule has 0 bridgehead atoms. The molecule has 2 aliphatic carbocycles. The molecule has 4 aliphatic heterocycles. The molecule has 1 N–H and O–H groups in total. The highest BCUT2D eigenvalue weighted by Crippen LogP contribution is 2.34. The van der Waals surface area contributed by atoms with Crippen molar-refractivity contribution in [3.05, 3.63) is 0 Å². The summed E-state index contributed by atoms with van der Waals surface area (Å²) in [7, 11) is 0. The van der Waals surface area contributed by atoms with E-state index in [4.69, 9.17) is 14.2 Å². The summed E-state index contributed by atoms with van der Waals surface area (Å²) in [6, 6.07) is 1.29. The van der Waals surface area contributed by atoms with Gasteiger partial charge in [0.05, 0.1) is 24.3 Å². The third-order valence-electron chi connectivity index (χ3n) is 9.68. The predicted octanol–water partition coefficient (Wildman–Crippen LogP) is 3.46. The van der Waals surface area contributed by atoms with E-state index in [0.717, 1.165) is 64.5 Å². The van der Waals surface area contributed by atoms with Crippen LogP contribution in [0.1, 0.15) is 97.8 Å². The number of piperidine rings is 2. The van der Waals surface area contributed by atoms with Gasteiger partial charge < -0.3 is 34.2 Å². The Kier molecular flexibility index (Phi) is 10.1. The third kappa shape index (κ3) is 7.54. The van der Waals surface area contributed by atoms with Crippen LogP contribution in [0.3, 0.4) is 0 Å². The van der Waals surface area contributed by atoms with Crippen molar-refractivity contribution in [2.45, 2.75) is 140 Å². The zero-order valence-electron chi connectivity index (χ0n) is 25.5. The second-order valence-corrected chi connectivity index (χ2v) is 13.7. The summed E-state index contributed by atoms with van der Waals surface area (Å²) < 4.78 is 16.9. The van der Waals surface area contributed by atoms with Crippen molar-refractivity contribution in [3.8, 4) is 0 Å². The van der Waals surface area contributed by atoms with E-state index in [0.29, 0.717) is 37.9 Å². The highest BCUT2D eigenvalue weighted by molar-refractivity contribution is 5.79. The lowest BCUT2D eigenvalue weighted by atomic mass is 9.87. The van der Waals surface area contributed by atoms with Crippen LogP contribution in [0, 0.1) is 0 Å². The summed E-state index contributed by atoms with van der Waals surface area (Å²) in [5.41, 5.74) is -0.469. The fourth-order valence-electron chi connectivity index (χ4n) is 7.74. The number of hydrogen-bond donors (Lipinski definition) is 1. The lowest BCUT2D eigenvalue weighted by Crippen LogP contribution is -2.61. The molecule has 10 heteroatoms. The van der Waals surface area contributed by atoms with Crippen LogP contribution < -0.4 is 5.32 Å². The molecule has 4 atom stereocenters. The standard InChI is InChI=1S/C18H30N2O4.C13H22N2O2/c1-18(2,3)24-17(22)19-10-8-13(9-11-19)20-14-6-4-5-7-15(14)23-12-16(20)21;16-13-9-17-12-4-2-1-3-11(12)15(13)10-5-7-14-8-6-10/h13-15H,4-12H2,1-3H3;10-12,14H,1-9H2/t14-,15-;11-,12-/m00/s1. The Morgan fingerprint density at radius 1 is 0.732 bits per heavy atom. The van der Waals surface area contributed by atoms with E-state index >= 15 is 0 Å². The predicted molar refractivity (Wildman–Crippen MR) is 154 cm³/mol. The molecule has 4 saturated heterocycles. The van der Waals surface area contributed by atoms with Gasteiger partial charge >= 0.3 is 6.09 Å². The number of nitrogens with one attached hydrogen (secondary N) is 1. The van der Waals surface area contributed by atoms with Crippen molar-refractivity contribution >= 4 is 17.9 Å². The molecule has 0 aromatic carbocycles. The maximum Gasteiger partial charge on any atom is 0.410 e. The minimum absolute atomic E-state index is 0.119. The van der Waals surface area contributed by atoms with Gasteiger partial charge in [0.1, 0.15) is 18.8 Å². The summed E-state index contributed by atoms with van der Waals surface area (Å²) >= 11 is 0. The minimum Gasteiger partial charge on any atom is -0.444 e. The number of carbonyl (C=O) groups is 3. The SMILES string of the molecule is CC(C)(C)OC(=O)N1CCC(N2C(=O)CO[C@H]3CCCC[C@@H]32)CC1.O=C1CO[C@H]2CCCC[C@@H]2N1C1CCNCC1. The van der Waals surface area contributed by atoms with Gasteiger partial charge in [-0.25, -0.2) is 4.79 Å². The Bertz CT molecular complexity index is 911. The van der Waals surface area contributed by atoms with Crippen LogP contribution >= 0.6 is 0 Å². The van der Waals surface area contributed by atoms with Crippen LogP contribution in [0.4, 0.5) is 4.79 Å². The Labute approximate surface area is 245 Å². The monoisotopic (exact) mass is 576 g/mol. The van der Waals surface area contributed by atoms with E-state index in [1.807, 2.05) is 20.8 Å². The largest absolute Gasteiger partial charge is 0.444 e. The average molecular weight is 577 g/mol. The zero-order valence-corrected chi connectivity index (χ0v) is 25.5. The first kappa shape index (κ1) is 30.5. The maximum atomic E-state index is 12.4. The van der Waals surface area contributed by atoms with Gasteiger partial charge in [-0.1, -0.05) is 25.7 Å². The van der Waals surface area contributed by atoms with E-state index in [1.165, 1.54) is 25.7 Å². The van der Waals surface area contributed by atoms with Crippen molar-refractivity contribution < 1.29 is 28.6 Å². The molecule has 0 radical (unpaired) electrons. The van der Waals surface area contributed by atoms with Crippen molar-refractivity contribution in [3.63, 3.8) is 0 Å². The van der Waals surface area contributed by atoms with Crippen LogP contribution in [-0.4, -0.2) is 114 Å². The van der Waals surface area contributed by atoms with E-state index in [2.05, 4.69) is 15.1 Å². The molecule has 0 aromatic heterocycles. The number of hydrogen-bond acceptors (Lipinski definition) is 7. The third-order valence-corrected chi connectivity index (χ3v) is 9.68. The van der Waals surface area contributed by atoms with Gasteiger partial charge in [-0.2, -0.15) is 0 Å². The molecular formula is C31H52N4O6.